The summed E-state index contributed by atoms with van der Waals surface area (Å²) in [5.41, 5.74) is 6.30. The van der Waals surface area contributed by atoms with Crippen LogP contribution in [-0.4, -0.2) is 45.5 Å². The summed E-state index contributed by atoms with van der Waals surface area (Å²) in [6, 6.07) is 11.8. The number of rotatable bonds is 6. The molecule has 0 aliphatic carbocycles. The number of halogens is 2. The SMILES string of the molecule is COc1ccc(C2C(Cl)C(=O)N2NC(=O)CNn2c(C)nc3ccc(Br)cc3c2=O)cc1. The number of benzene rings is 2. The van der Waals surface area contributed by atoms with Crippen LogP contribution in [0, 0.1) is 6.92 Å². The largest absolute Gasteiger partial charge is 0.497 e. The molecule has 2 atom stereocenters. The maximum absolute atomic E-state index is 12.8. The average Bonchev–Trinajstić information content (AvgIpc) is 2.79. The Morgan fingerprint density at radius 2 is 1.94 bits per heavy atom. The molecular formula is C21H19BrClN5O4. The first-order valence-corrected chi connectivity index (χ1v) is 10.9. The first-order chi connectivity index (χ1) is 15.3. The molecule has 1 fully saturated rings. The van der Waals surface area contributed by atoms with E-state index in [0.29, 0.717) is 22.5 Å². The molecule has 0 saturated carbocycles. The second kappa shape index (κ2) is 8.79. The van der Waals surface area contributed by atoms with Crippen LogP contribution in [0.5, 0.6) is 5.75 Å². The Balaban J connectivity index is 1.46. The van der Waals surface area contributed by atoms with Crippen LogP contribution in [0.1, 0.15) is 17.4 Å². The van der Waals surface area contributed by atoms with E-state index in [1.165, 1.54) is 9.69 Å². The van der Waals surface area contributed by atoms with Gasteiger partial charge in [0.25, 0.3) is 17.4 Å². The number of amides is 2. The number of fused-ring (bicyclic) bond motifs is 1. The van der Waals surface area contributed by atoms with Crippen molar-refractivity contribution in [3.8, 4) is 5.75 Å². The summed E-state index contributed by atoms with van der Waals surface area (Å²) in [4.78, 5) is 41.9. The van der Waals surface area contributed by atoms with E-state index in [4.69, 9.17) is 16.3 Å². The van der Waals surface area contributed by atoms with E-state index in [0.717, 1.165) is 10.0 Å². The zero-order valence-electron chi connectivity index (χ0n) is 17.1. The molecule has 2 heterocycles. The van der Waals surface area contributed by atoms with Crippen molar-refractivity contribution in [2.45, 2.75) is 18.3 Å². The highest BCUT2D eigenvalue weighted by Gasteiger charge is 2.48. The minimum Gasteiger partial charge on any atom is -0.497 e. The van der Waals surface area contributed by atoms with Crippen LogP contribution in [0.2, 0.25) is 0 Å². The van der Waals surface area contributed by atoms with Crippen molar-refractivity contribution < 1.29 is 14.3 Å². The zero-order valence-corrected chi connectivity index (χ0v) is 19.5. The van der Waals surface area contributed by atoms with Gasteiger partial charge < -0.3 is 10.2 Å². The van der Waals surface area contributed by atoms with Crippen molar-refractivity contribution in [2.24, 2.45) is 0 Å². The number of carbonyl (C=O) groups excluding carboxylic acids is 2. The van der Waals surface area contributed by atoms with Crippen LogP contribution in [0.15, 0.2) is 51.7 Å². The van der Waals surface area contributed by atoms with Crippen molar-refractivity contribution in [3.05, 3.63) is 68.7 Å². The molecule has 0 spiro atoms. The number of nitrogens with one attached hydrogen (secondary N) is 2. The molecule has 2 amide bonds. The molecule has 1 saturated heterocycles. The average molecular weight is 521 g/mol. The highest BCUT2D eigenvalue weighted by atomic mass is 79.9. The third kappa shape index (κ3) is 4.03. The summed E-state index contributed by atoms with van der Waals surface area (Å²) in [5, 5.41) is 0.805. The molecule has 0 radical (unpaired) electrons. The van der Waals surface area contributed by atoms with Crippen molar-refractivity contribution in [2.75, 3.05) is 19.1 Å². The smallest absolute Gasteiger partial charge is 0.279 e. The van der Waals surface area contributed by atoms with E-state index < -0.39 is 23.2 Å². The molecule has 1 aliphatic rings. The van der Waals surface area contributed by atoms with Gasteiger partial charge in [-0.2, -0.15) is 0 Å². The standard InChI is InChI=1S/C21H19BrClN5O4/c1-11-25-16-8-5-13(22)9-15(16)20(30)27(11)24-10-17(29)26-28-19(18(23)21(28)31)12-3-6-14(32-2)7-4-12/h3-9,18-19,24H,10H2,1-2H3,(H,26,29). The number of aryl methyl sites for hydroxylation is 1. The van der Waals surface area contributed by atoms with E-state index >= 15 is 0 Å². The van der Waals surface area contributed by atoms with Gasteiger partial charge in [-0.3, -0.25) is 19.8 Å². The van der Waals surface area contributed by atoms with Gasteiger partial charge in [0.1, 0.15) is 29.5 Å². The number of aromatic nitrogens is 2. The second-order valence-electron chi connectivity index (χ2n) is 7.16. The van der Waals surface area contributed by atoms with Gasteiger partial charge in [-0.25, -0.2) is 14.7 Å². The van der Waals surface area contributed by atoms with E-state index in [9.17, 15) is 14.4 Å². The molecule has 2 unspecified atom stereocenters. The Labute approximate surface area is 196 Å². The minimum absolute atomic E-state index is 0.256. The van der Waals surface area contributed by atoms with Crippen LogP contribution in [0.3, 0.4) is 0 Å². The number of ether oxygens (including phenoxy) is 1. The fourth-order valence-corrected chi connectivity index (χ4v) is 4.20. The predicted molar refractivity (Wildman–Crippen MR) is 123 cm³/mol. The number of hydrogen-bond acceptors (Lipinski definition) is 6. The quantitative estimate of drug-likeness (QED) is 0.382. The topological polar surface area (TPSA) is 106 Å². The highest BCUT2D eigenvalue weighted by molar-refractivity contribution is 9.10. The maximum Gasteiger partial charge on any atom is 0.279 e. The molecule has 3 aromatic rings. The number of alkyl halides is 1. The summed E-state index contributed by atoms with van der Waals surface area (Å²) >= 11 is 9.53. The second-order valence-corrected chi connectivity index (χ2v) is 8.54. The normalized spacial score (nSPS) is 17.8. The van der Waals surface area contributed by atoms with E-state index in [1.54, 1.807) is 56.5 Å². The summed E-state index contributed by atoms with van der Waals surface area (Å²) in [7, 11) is 1.56. The van der Waals surface area contributed by atoms with Gasteiger partial charge >= 0.3 is 0 Å². The lowest BCUT2D eigenvalue weighted by Crippen LogP contribution is -2.64. The monoisotopic (exact) mass is 519 g/mol. The molecule has 1 aliphatic heterocycles. The maximum atomic E-state index is 12.8. The Morgan fingerprint density at radius 3 is 2.62 bits per heavy atom. The Morgan fingerprint density at radius 1 is 1.22 bits per heavy atom. The molecule has 11 heteroatoms. The Bertz CT molecular complexity index is 1260. The van der Waals surface area contributed by atoms with Crippen LogP contribution in [-0.2, 0) is 9.59 Å². The molecule has 2 aromatic carbocycles. The molecule has 1 aromatic heterocycles. The van der Waals surface area contributed by atoms with Gasteiger partial charge in [0.05, 0.1) is 18.0 Å². The lowest BCUT2D eigenvalue weighted by atomic mass is 9.95. The summed E-state index contributed by atoms with van der Waals surface area (Å²) in [6.07, 6.45) is 0. The third-order valence-corrected chi connectivity index (χ3v) is 6.05. The van der Waals surface area contributed by atoms with E-state index in [2.05, 4.69) is 31.8 Å². The first-order valence-electron chi connectivity index (χ1n) is 9.63. The van der Waals surface area contributed by atoms with Crippen molar-refractivity contribution in [1.82, 2.24) is 20.1 Å². The van der Waals surface area contributed by atoms with Gasteiger partial charge in [-0.15, -0.1) is 11.6 Å². The third-order valence-electron chi connectivity index (χ3n) is 5.13. The molecule has 4 rings (SSSR count). The zero-order chi connectivity index (χ0) is 23.0. The van der Waals surface area contributed by atoms with E-state index in [-0.39, 0.29) is 12.1 Å². The summed E-state index contributed by atoms with van der Waals surface area (Å²) in [5.74, 6) is 0.143. The molecule has 0 bridgehead atoms. The van der Waals surface area contributed by atoms with Crippen LogP contribution in [0.4, 0.5) is 0 Å². The first kappa shape index (κ1) is 22.1. The summed E-state index contributed by atoms with van der Waals surface area (Å²) in [6.45, 7) is 1.40. The van der Waals surface area contributed by atoms with Crippen molar-refractivity contribution >= 4 is 50.2 Å². The number of hydrazine groups is 1. The number of nitrogens with zero attached hydrogens (tertiary/aromatic N) is 3. The van der Waals surface area contributed by atoms with Crippen molar-refractivity contribution in [3.63, 3.8) is 0 Å². The molecule has 9 nitrogen and oxygen atoms in total. The van der Waals surface area contributed by atoms with Gasteiger partial charge in [-0.05, 0) is 42.8 Å². The Hall–Kier alpha value is -3.11. The molecular weight excluding hydrogens is 502 g/mol. The fourth-order valence-electron chi connectivity index (χ4n) is 3.48. The lowest BCUT2D eigenvalue weighted by Gasteiger charge is -2.44. The lowest BCUT2D eigenvalue weighted by molar-refractivity contribution is -0.156. The van der Waals surface area contributed by atoms with E-state index in [1.807, 2.05) is 0 Å². The number of carbonyl (C=O) groups is 2. The van der Waals surface area contributed by atoms with Crippen LogP contribution in [0.25, 0.3) is 10.9 Å². The van der Waals surface area contributed by atoms with Crippen LogP contribution >= 0.6 is 27.5 Å². The molecule has 166 valence electrons. The number of β-lactam (4-membered cyclic amide) rings is 1. The number of methoxy groups -OCH3 is 1. The van der Waals surface area contributed by atoms with Gasteiger partial charge in [0.15, 0.2) is 0 Å². The minimum atomic E-state index is -0.787. The van der Waals surface area contributed by atoms with Gasteiger partial charge in [0, 0.05) is 4.47 Å². The summed E-state index contributed by atoms with van der Waals surface area (Å²) < 4.78 is 7.09. The van der Waals surface area contributed by atoms with Crippen molar-refractivity contribution in [1.29, 1.82) is 0 Å². The Kier molecular flexibility index (Phi) is 6.07. The number of hydrogen-bond donors (Lipinski definition) is 2. The predicted octanol–water partition coefficient (Wildman–Crippen LogP) is 2.24. The van der Waals surface area contributed by atoms with Gasteiger partial charge in [-0.1, -0.05) is 28.1 Å². The highest BCUT2D eigenvalue weighted by Crippen LogP contribution is 2.37. The van der Waals surface area contributed by atoms with Gasteiger partial charge in [0.2, 0.25) is 0 Å². The van der Waals surface area contributed by atoms with Crippen LogP contribution < -0.4 is 21.1 Å². The molecule has 32 heavy (non-hydrogen) atoms. The molecule has 2 N–H and O–H groups in total. The fraction of sp³-hybridized carbons (Fsp3) is 0.238.